The number of rotatable bonds is 2. The van der Waals surface area contributed by atoms with Gasteiger partial charge in [0.15, 0.2) is 5.60 Å². The third-order valence-electron chi connectivity index (χ3n) is 4.28. The highest BCUT2D eigenvalue weighted by molar-refractivity contribution is 7.22. The number of aromatic nitrogens is 3. The number of thiophene rings is 1. The molecule has 0 aliphatic carbocycles. The fourth-order valence-corrected chi connectivity index (χ4v) is 3.98. The summed E-state index contributed by atoms with van der Waals surface area (Å²) >= 11 is 1.23. The van der Waals surface area contributed by atoms with Gasteiger partial charge in [-0.25, -0.2) is 8.78 Å². The predicted octanol–water partition coefficient (Wildman–Crippen LogP) is 2.35. The lowest BCUT2D eigenvalue weighted by Crippen LogP contribution is -2.51. The average molecular weight is 353 g/mol. The minimum atomic E-state index is -3.47. The van der Waals surface area contributed by atoms with Crippen LogP contribution < -0.4 is 5.56 Å². The Balaban J connectivity index is 2.01. The molecule has 0 aromatic carbocycles. The molecule has 24 heavy (non-hydrogen) atoms. The Morgan fingerprint density at radius 1 is 1.50 bits per heavy atom. The first-order chi connectivity index (χ1) is 11.3. The fourth-order valence-electron chi connectivity index (χ4n) is 2.91. The van der Waals surface area contributed by atoms with Crippen molar-refractivity contribution in [3.05, 3.63) is 40.1 Å². The van der Waals surface area contributed by atoms with Gasteiger partial charge in [-0.1, -0.05) is 0 Å². The minimum Gasteiger partial charge on any atom is -0.376 e. The Hall–Kier alpha value is -2.10. The Labute approximate surface area is 138 Å². The van der Waals surface area contributed by atoms with Gasteiger partial charge in [-0.2, -0.15) is 5.10 Å². The number of alkyl halides is 2. The van der Waals surface area contributed by atoms with Crippen LogP contribution in [0.4, 0.5) is 8.78 Å². The zero-order valence-electron chi connectivity index (χ0n) is 12.5. The number of H-pyrrole nitrogens is 2. The largest absolute Gasteiger partial charge is 0.376 e. The summed E-state index contributed by atoms with van der Waals surface area (Å²) in [6.07, 6.45) is 3.29. The summed E-state index contributed by atoms with van der Waals surface area (Å²) in [5, 5.41) is 17.5. The first-order valence-corrected chi connectivity index (χ1v) is 7.99. The first-order valence-electron chi connectivity index (χ1n) is 7.17. The molecule has 0 amide bonds. The lowest BCUT2D eigenvalue weighted by atomic mass is 9.87. The van der Waals surface area contributed by atoms with E-state index in [0.29, 0.717) is 22.6 Å². The molecule has 3 aromatic heterocycles. The summed E-state index contributed by atoms with van der Waals surface area (Å²) in [5.41, 5.74) is -2.07. The molecule has 0 bridgehead atoms. The third-order valence-corrected chi connectivity index (χ3v) is 5.47. The second-order valence-corrected chi connectivity index (χ2v) is 6.94. The quantitative estimate of drug-likeness (QED) is 0.660. The maximum atomic E-state index is 14.0. The van der Waals surface area contributed by atoms with E-state index >= 15 is 0 Å². The summed E-state index contributed by atoms with van der Waals surface area (Å²) in [6, 6.07) is 1.74. The molecule has 0 spiro atoms. The molecule has 1 aliphatic rings. The number of pyridine rings is 1. The lowest BCUT2D eigenvalue weighted by molar-refractivity contribution is -0.214. The summed E-state index contributed by atoms with van der Waals surface area (Å²) in [7, 11) is 0. The van der Waals surface area contributed by atoms with Crippen molar-refractivity contribution in [3.63, 3.8) is 0 Å². The van der Waals surface area contributed by atoms with Gasteiger partial charge in [0.2, 0.25) is 0 Å². The second-order valence-electron chi connectivity index (χ2n) is 5.89. The van der Waals surface area contributed by atoms with Crippen molar-refractivity contribution in [2.24, 2.45) is 0 Å². The van der Waals surface area contributed by atoms with Crippen LogP contribution in [0.15, 0.2) is 23.3 Å². The van der Waals surface area contributed by atoms with Crippen LogP contribution in [0, 0.1) is 0 Å². The Morgan fingerprint density at radius 2 is 2.29 bits per heavy atom. The van der Waals surface area contributed by atoms with Gasteiger partial charge in [-0.15, -0.1) is 11.3 Å². The van der Waals surface area contributed by atoms with Crippen LogP contribution in [0.1, 0.15) is 18.2 Å². The van der Waals surface area contributed by atoms with Crippen LogP contribution in [0.5, 0.6) is 0 Å². The molecule has 0 radical (unpaired) electrons. The monoisotopic (exact) mass is 353 g/mol. The SMILES string of the molecule is CC(F)(F)[C@@]1(O)COCc2c1[nH]c(=O)c1sc(-c3cn[nH]c3)cc21. The van der Waals surface area contributed by atoms with E-state index in [-0.39, 0.29) is 12.3 Å². The smallest absolute Gasteiger partial charge is 0.281 e. The highest BCUT2D eigenvalue weighted by Gasteiger charge is 2.54. The van der Waals surface area contributed by atoms with Crippen molar-refractivity contribution in [2.45, 2.75) is 25.1 Å². The molecule has 6 nitrogen and oxygen atoms in total. The van der Waals surface area contributed by atoms with Crippen molar-refractivity contribution in [1.82, 2.24) is 15.2 Å². The Bertz CT molecular complexity index is 974. The molecular weight excluding hydrogens is 340 g/mol. The summed E-state index contributed by atoms with van der Waals surface area (Å²) in [5.74, 6) is -3.47. The maximum Gasteiger partial charge on any atom is 0.281 e. The minimum absolute atomic E-state index is 0.0442. The van der Waals surface area contributed by atoms with Gasteiger partial charge in [0, 0.05) is 34.5 Å². The molecule has 3 N–H and O–H groups in total. The third kappa shape index (κ3) is 2.05. The number of ether oxygens (including phenoxy) is 1. The molecule has 0 saturated carbocycles. The number of nitrogens with one attached hydrogen (secondary N) is 2. The summed E-state index contributed by atoms with van der Waals surface area (Å²) in [4.78, 5) is 15.6. The van der Waals surface area contributed by atoms with Crippen LogP contribution in [0.2, 0.25) is 0 Å². The maximum absolute atomic E-state index is 14.0. The van der Waals surface area contributed by atoms with E-state index in [1.165, 1.54) is 11.3 Å². The summed E-state index contributed by atoms with van der Waals surface area (Å²) < 4.78 is 33.6. The first kappa shape index (κ1) is 15.4. The Morgan fingerprint density at radius 3 is 2.96 bits per heavy atom. The zero-order chi connectivity index (χ0) is 17.1. The Kier molecular flexibility index (Phi) is 3.18. The summed E-state index contributed by atoms with van der Waals surface area (Å²) in [6.45, 7) is 0.0741. The molecule has 9 heteroatoms. The standard InChI is InChI=1S/C15H13F2N3O3S/c1-14(16,17)15(22)6-23-5-9-8-2-10(7-3-18-19-4-7)24-11(8)13(21)20-12(9)15/h2-4,22H,5-6H2,1H3,(H,18,19)(H,20,21)/t15-/m1/s1. The highest BCUT2D eigenvalue weighted by atomic mass is 32.1. The number of hydrogen-bond donors (Lipinski definition) is 3. The average Bonchev–Trinajstić information content (AvgIpc) is 3.16. The van der Waals surface area contributed by atoms with Gasteiger partial charge >= 0.3 is 0 Å². The van der Waals surface area contributed by atoms with Crippen molar-refractivity contribution >= 4 is 21.4 Å². The zero-order valence-corrected chi connectivity index (χ0v) is 13.3. The van der Waals surface area contributed by atoms with Gasteiger partial charge in [-0.05, 0) is 6.07 Å². The molecule has 0 unspecified atom stereocenters. The number of hydrogen-bond acceptors (Lipinski definition) is 5. The van der Waals surface area contributed by atoms with Crippen molar-refractivity contribution in [3.8, 4) is 10.4 Å². The van der Waals surface area contributed by atoms with E-state index in [1.807, 2.05) is 0 Å². The molecule has 1 atom stereocenters. The highest BCUT2D eigenvalue weighted by Crippen LogP contribution is 2.43. The predicted molar refractivity (Wildman–Crippen MR) is 84.2 cm³/mol. The molecule has 1 aliphatic heterocycles. The van der Waals surface area contributed by atoms with Crippen molar-refractivity contribution in [1.29, 1.82) is 0 Å². The number of halogens is 2. The lowest BCUT2D eigenvalue weighted by Gasteiger charge is -2.37. The van der Waals surface area contributed by atoms with Crippen LogP contribution in [-0.4, -0.2) is 32.8 Å². The van der Waals surface area contributed by atoms with E-state index in [1.54, 1.807) is 18.5 Å². The van der Waals surface area contributed by atoms with E-state index in [2.05, 4.69) is 15.2 Å². The van der Waals surface area contributed by atoms with Gasteiger partial charge < -0.3 is 14.8 Å². The number of fused-ring (bicyclic) bond motifs is 3. The molecule has 0 saturated heterocycles. The van der Waals surface area contributed by atoms with E-state index in [4.69, 9.17) is 4.74 Å². The molecule has 4 rings (SSSR count). The van der Waals surface area contributed by atoms with Gasteiger partial charge in [0.25, 0.3) is 11.5 Å². The van der Waals surface area contributed by atoms with Crippen molar-refractivity contribution < 1.29 is 18.6 Å². The normalized spacial score (nSPS) is 21.2. The van der Waals surface area contributed by atoms with Gasteiger partial charge in [-0.3, -0.25) is 9.89 Å². The topological polar surface area (TPSA) is 91.0 Å². The fraction of sp³-hybridized carbons (Fsp3) is 0.333. The molecule has 0 fully saturated rings. The van der Waals surface area contributed by atoms with E-state index < -0.39 is 23.7 Å². The van der Waals surface area contributed by atoms with Crippen LogP contribution >= 0.6 is 11.3 Å². The van der Waals surface area contributed by atoms with Crippen LogP contribution in [-0.2, 0) is 16.9 Å². The van der Waals surface area contributed by atoms with Gasteiger partial charge in [0.1, 0.15) is 4.70 Å². The van der Waals surface area contributed by atoms with Crippen LogP contribution in [0.3, 0.4) is 0 Å². The molecule has 3 aromatic rings. The van der Waals surface area contributed by atoms with Gasteiger partial charge in [0.05, 0.1) is 25.1 Å². The van der Waals surface area contributed by atoms with E-state index in [0.717, 1.165) is 10.4 Å². The van der Waals surface area contributed by atoms with E-state index in [9.17, 15) is 18.7 Å². The number of aliphatic hydroxyl groups is 1. The number of nitrogens with zero attached hydrogens (tertiary/aromatic N) is 1. The molecular formula is C15H13F2N3O3S. The number of aromatic amines is 2. The van der Waals surface area contributed by atoms with Crippen molar-refractivity contribution in [2.75, 3.05) is 6.61 Å². The molecule has 4 heterocycles. The molecule has 126 valence electrons. The second kappa shape index (κ2) is 4.95. The van der Waals surface area contributed by atoms with Crippen LogP contribution in [0.25, 0.3) is 20.5 Å².